The number of carbonyl (C=O) groups is 1. The molecule has 3 heteroatoms. The number of likely N-dealkylation sites (tertiary alicyclic amines) is 1. The summed E-state index contributed by atoms with van der Waals surface area (Å²) in [4.78, 5) is 15.6. The van der Waals surface area contributed by atoms with E-state index in [-0.39, 0.29) is 0 Å². The lowest BCUT2D eigenvalue weighted by Crippen LogP contribution is -2.37. The average Bonchev–Trinajstić information content (AvgIpc) is 2.16. The zero-order valence-corrected chi connectivity index (χ0v) is 10.3. The molecule has 1 saturated heterocycles. The monoisotopic (exact) mass is 212 g/mol. The average molecular weight is 212 g/mol. The molecule has 15 heavy (non-hydrogen) atoms. The molecule has 0 atom stereocenters. The van der Waals surface area contributed by atoms with Crippen molar-refractivity contribution in [3.8, 4) is 0 Å². The topological polar surface area (TPSA) is 23.6 Å². The van der Waals surface area contributed by atoms with E-state index in [2.05, 4.69) is 23.9 Å². The van der Waals surface area contributed by atoms with E-state index in [1.54, 1.807) is 6.92 Å². The molecule has 0 aliphatic carbocycles. The summed E-state index contributed by atoms with van der Waals surface area (Å²) >= 11 is 0. The molecule has 0 N–H and O–H groups in total. The van der Waals surface area contributed by atoms with Gasteiger partial charge >= 0.3 is 0 Å². The van der Waals surface area contributed by atoms with Gasteiger partial charge < -0.3 is 9.80 Å². The number of carbonyl (C=O) groups excluding carboxylic acids is 1. The highest BCUT2D eigenvalue weighted by Crippen LogP contribution is 2.17. The molecule has 88 valence electrons. The van der Waals surface area contributed by atoms with E-state index in [0.717, 1.165) is 18.9 Å². The molecular weight excluding hydrogens is 188 g/mol. The Balaban J connectivity index is 2.15. The largest absolute Gasteiger partial charge is 0.309 e. The predicted octanol–water partition coefficient (Wildman–Crippen LogP) is 1.24. The number of nitrogens with zero attached hydrogens (tertiary/aromatic N) is 2. The van der Waals surface area contributed by atoms with Crippen LogP contribution in [0, 0.1) is 5.92 Å². The zero-order chi connectivity index (χ0) is 11.3. The van der Waals surface area contributed by atoms with Gasteiger partial charge in [0.25, 0.3) is 0 Å². The lowest BCUT2D eigenvalue weighted by molar-refractivity contribution is -0.117. The van der Waals surface area contributed by atoms with Crippen LogP contribution < -0.4 is 0 Å². The minimum atomic E-state index is 0.311. The van der Waals surface area contributed by atoms with Gasteiger partial charge in [-0.15, -0.1) is 0 Å². The lowest BCUT2D eigenvalue weighted by Gasteiger charge is -2.32. The van der Waals surface area contributed by atoms with E-state index in [1.165, 1.54) is 32.5 Å². The van der Waals surface area contributed by atoms with Crippen LogP contribution in [-0.4, -0.2) is 55.9 Å². The van der Waals surface area contributed by atoms with Crippen LogP contribution in [0.3, 0.4) is 0 Å². The van der Waals surface area contributed by atoms with Crippen LogP contribution in [0.1, 0.15) is 26.2 Å². The fourth-order valence-electron chi connectivity index (χ4n) is 2.22. The maximum absolute atomic E-state index is 10.9. The molecule has 0 amide bonds. The number of Topliss-reactive ketones (excluding diaryl/α,β-unsaturated/α-hetero) is 1. The summed E-state index contributed by atoms with van der Waals surface area (Å²) in [6, 6.07) is 0. The van der Waals surface area contributed by atoms with Crippen molar-refractivity contribution >= 4 is 5.78 Å². The highest BCUT2D eigenvalue weighted by Gasteiger charge is 2.19. The lowest BCUT2D eigenvalue weighted by atomic mass is 9.96. The Morgan fingerprint density at radius 3 is 2.40 bits per heavy atom. The van der Waals surface area contributed by atoms with Crippen LogP contribution >= 0.6 is 0 Å². The Bertz CT molecular complexity index is 196. The van der Waals surface area contributed by atoms with Crippen molar-refractivity contribution in [1.29, 1.82) is 0 Å². The van der Waals surface area contributed by atoms with Gasteiger partial charge in [0.05, 0.1) is 0 Å². The van der Waals surface area contributed by atoms with E-state index in [1.807, 2.05) is 0 Å². The molecule has 3 nitrogen and oxygen atoms in total. The first-order valence-corrected chi connectivity index (χ1v) is 5.94. The summed E-state index contributed by atoms with van der Waals surface area (Å²) in [7, 11) is 4.28. The maximum Gasteiger partial charge on any atom is 0.131 e. The van der Waals surface area contributed by atoms with Gasteiger partial charge in [0.15, 0.2) is 0 Å². The molecule has 1 fully saturated rings. The molecule has 1 rings (SSSR count). The van der Waals surface area contributed by atoms with Gasteiger partial charge in [-0.25, -0.2) is 0 Å². The first kappa shape index (κ1) is 12.7. The second kappa shape index (κ2) is 6.23. The molecule has 0 aromatic carbocycles. The Labute approximate surface area is 93.4 Å². The van der Waals surface area contributed by atoms with E-state index in [4.69, 9.17) is 0 Å². The minimum absolute atomic E-state index is 0.311. The van der Waals surface area contributed by atoms with Gasteiger partial charge in [0.2, 0.25) is 0 Å². The molecule has 0 unspecified atom stereocenters. The van der Waals surface area contributed by atoms with Gasteiger partial charge in [-0.3, -0.25) is 4.79 Å². The molecule has 0 aromatic rings. The third-order valence-electron chi connectivity index (χ3n) is 3.11. The summed E-state index contributed by atoms with van der Waals surface area (Å²) in [5.41, 5.74) is 0. The van der Waals surface area contributed by atoms with E-state index in [9.17, 15) is 4.79 Å². The summed E-state index contributed by atoms with van der Waals surface area (Å²) < 4.78 is 0. The fraction of sp³-hybridized carbons (Fsp3) is 0.917. The first-order valence-electron chi connectivity index (χ1n) is 5.94. The Hall–Kier alpha value is -0.410. The van der Waals surface area contributed by atoms with Gasteiger partial charge in [-0.2, -0.15) is 0 Å². The fourth-order valence-corrected chi connectivity index (χ4v) is 2.22. The second-order valence-electron chi connectivity index (χ2n) is 5.00. The maximum atomic E-state index is 10.9. The molecule has 1 heterocycles. The van der Waals surface area contributed by atoms with Gasteiger partial charge in [-0.1, -0.05) is 0 Å². The van der Waals surface area contributed by atoms with Gasteiger partial charge in [-0.05, 0) is 52.9 Å². The third-order valence-corrected chi connectivity index (χ3v) is 3.11. The minimum Gasteiger partial charge on any atom is -0.309 e. The SMILES string of the molecule is CC(=O)CCN1CCC(CN(C)C)CC1. The molecule has 1 aliphatic rings. The smallest absolute Gasteiger partial charge is 0.131 e. The third kappa shape index (κ3) is 5.28. The predicted molar refractivity (Wildman–Crippen MR) is 63.0 cm³/mol. The Kier molecular flexibility index (Phi) is 5.26. The van der Waals surface area contributed by atoms with Crippen molar-refractivity contribution in [2.45, 2.75) is 26.2 Å². The molecule has 1 aliphatic heterocycles. The molecule has 0 saturated carbocycles. The quantitative estimate of drug-likeness (QED) is 0.685. The van der Waals surface area contributed by atoms with Crippen LogP contribution in [0.5, 0.6) is 0 Å². The van der Waals surface area contributed by atoms with Crippen LogP contribution in [0.4, 0.5) is 0 Å². The van der Waals surface area contributed by atoms with E-state index >= 15 is 0 Å². The van der Waals surface area contributed by atoms with Gasteiger partial charge in [0, 0.05) is 19.5 Å². The van der Waals surface area contributed by atoms with Crippen LogP contribution in [0.2, 0.25) is 0 Å². The number of rotatable bonds is 5. The number of piperidine rings is 1. The van der Waals surface area contributed by atoms with Crippen molar-refractivity contribution in [1.82, 2.24) is 9.80 Å². The Morgan fingerprint density at radius 2 is 1.93 bits per heavy atom. The first-order chi connectivity index (χ1) is 7.08. The normalized spacial score (nSPS) is 19.7. The van der Waals surface area contributed by atoms with Crippen molar-refractivity contribution in [3.05, 3.63) is 0 Å². The Morgan fingerprint density at radius 1 is 1.33 bits per heavy atom. The van der Waals surface area contributed by atoms with E-state index < -0.39 is 0 Å². The summed E-state index contributed by atoms with van der Waals surface area (Å²) in [6.07, 6.45) is 3.30. The highest BCUT2D eigenvalue weighted by atomic mass is 16.1. The summed E-state index contributed by atoms with van der Waals surface area (Å²) in [5.74, 6) is 1.17. The van der Waals surface area contributed by atoms with Gasteiger partial charge in [0.1, 0.15) is 5.78 Å². The van der Waals surface area contributed by atoms with Crippen LogP contribution in [-0.2, 0) is 4.79 Å². The standard InChI is InChI=1S/C12H24N2O/c1-11(15)4-7-14-8-5-12(6-9-14)10-13(2)3/h12H,4-10H2,1-3H3. The second-order valence-corrected chi connectivity index (χ2v) is 5.00. The summed E-state index contributed by atoms with van der Waals surface area (Å²) in [5, 5.41) is 0. The molecule has 0 bridgehead atoms. The van der Waals surface area contributed by atoms with Crippen molar-refractivity contribution in [2.75, 3.05) is 40.3 Å². The molecule has 0 aromatic heterocycles. The highest BCUT2D eigenvalue weighted by molar-refractivity contribution is 5.75. The van der Waals surface area contributed by atoms with E-state index in [0.29, 0.717) is 5.78 Å². The number of hydrogen-bond donors (Lipinski definition) is 0. The van der Waals surface area contributed by atoms with Crippen molar-refractivity contribution in [3.63, 3.8) is 0 Å². The number of hydrogen-bond acceptors (Lipinski definition) is 3. The van der Waals surface area contributed by atoms with Crippen LogP contribution in [0.25, 0.3) is 0 Å². The number of ketones is 1. The van der Waals surface area contributed by atoms with Crippen molar-refractivity contribution < 1.29 is 4.79 Å². The molecule has 0 spiro atoms. The molecular formula is C12H24N2O. The van der Waals surface area contributed by atoms with Crippen molar-refractivity contribution in [2.24, 2.45) is 5.92 Å². The van der Waals surface area contributed by atoms with Crippen LogP contribution in [0.15, 0.2) is 0 Å². The zero-order valence-electron chi connectivity index (χ0n) is 10.3. The summed E-state index contributed by atoms with van der Waals surface area (Å²) in [6.45, 7) is 6.20. The molecule has 0 radical (unpaired) electrons.